The van der Waals surface area contributed by atoms with E-state index in [1.165, 1.54) is 12.3 Å². The largest absolute Gasteiger partial charge is 0.269 e. The summed E-state index contributed by atoms with van der Waals surface area (Å²) in [5.74, 6) is 0.598. The predicted octanol–water partition coefficient (Wildman–Crippen LogP) is 3.55. The third-order valence-corrected chi connectivity index (χ3v) is 3.18. The monoisotopic (exact) mass is 282 g/mol. The Bertz CT molecular complexity index is 797. The van der Waals surface area contributed by atoms with Crippen molar-refractivity contribution in [1.82, 2.24) is 9.55 Å². The Hall–Kier alpha value is -2.39. The molecule has 20 heavy (non-hydrogen) atoms. The molecule has 4 heteroatoms. The summed E-state index contributed by atoms with van der Waals surface area (Å²) in [7, 11) is 0. The van der Waals surface area contributed by atoms with Crippen LogP contribution in [0.5, 0.6) is 0 Å². The highest BCUT2D eigenvalue weighted by Crippen LogP contribution is 2.20. The van der Waals surface area contributed by atoms with Gasteiger partial charge in [-0.25, -0.2) is 4.98 Å². The van der Waals surface area contributed by atoms with Gasteiger partial charge in [0.1, 0.15) is 5.82 Å². The Balaban J connectivity index is 2.28. The molecule has 0 fully saturated rings. The van der Waals surface area contributed by atoms with Crippen LogP contribution in [0.2, 0.25) is 5.02 Å². The average Bonchev–Trinajstić information content (AvgIpc) is 2.48. The zero-order valence-electron chi connectivity index (χ0n) is 10.5. The van der Waals surface area contributed by atoms with Crippen molar-refractivity contribution in [3.63, 3.8) is 0 Å². The van der Waals surface area contributed by atoms with Gasteiger partial charge in [0.2, 0.25) is 0 Å². The fourth-order valence-electron chi connectivity index (χ4n) is 2.06. The van der Waals surface area contributed by atoms with Crippen LogP contribution in [-0.2, 0) is 0 Å². The first kappa shape index (κ1) is 12.6. The van der Waals surface area contributed by atoms with Crippen LogP contribution < -0.4 is 5.56 Å². The number of benzene rings is 2. The third kappa shape index (κ3) is 2.36. The lowest BCUT2D eigenvalue weighted by Crippen LogP contribution is -2.20. The van der Waals surface area contributed by atoms with Crippen molar-refractivity contribution in [1.29, 1.82) is 0 Å². The summed E-state index contributed by atoms with van der Waals surface area (Å²) in [4.78, 5) is 16.5. The lowest BCUT2D eigenvalue weighted by atomic mass is 10.2. The van der Waals surface area contributed by atoms with Gasteiger partial charge >= 0.3 is 0 Å². The standard InChI is InChI=1S/C16H11ClN2O/c17-13-7-4-8-14(11-13)19-15(20)9-10-18-16(19)12-5-2-1-3-6-12/h1-11H. The van der Waals surface area contributed by atoms with Crippen molar-refractivity contribution in [2.75, 3.05) is 0 Å². The quantitative estimate of drug-likeness (QED) is 0.720. The van der Waals surface area contributed by atoms with E-state index < -0.39 is 0 Å². The molecular formula is C16H11ClN2O. The molecule has 98 valence electrons. The first-order chi connectivity index (χ1) is 9.75. The zero-order valence-corrected chi connectivity index (χ0v) is 11.3. The minimum atomic E-state index is -0.138. The van der Waals surface area contributed by atoms with Crippen molar-refractivity contribution in [3.8, 4) is 17.1 Å². The number of hydrogen-bond donors (Lipinski definition) is 0. The van der Waals surface area contributed by atoms with Crippen LogP contribution in [0.1, 0.15) is 0 Å². The second kappa shape index (κ2) is 5.31. The fraction of sp³-hybridized carbons (Fsp3) is 0. The zero-order chi connectivity index (χ0) is 13.9. The third-order valence-electron chi connectivity index (χ3n) is 2.94. The number of halogens is 1. The SMILES string of the molecule is O=c1ccnc(-c2ccccc2)n1-c1cccc(Cl)c1. The molecule has 2 aromatic carbocycles. The first-order valence-corrected chi connectivity index (χ1v) is 6.53. The summed E-state index contributed by atoms with van der Waals surface area (Å²) >= 11 is 6.01. The molecule has 0 atom stereocenters. The Morgan fingerprint density at radius 2 is 1.75 bits per heavy atom. The van der Waals surface area contributed by atoms with E-state index >= 15 is 0 Å². The van der Waals surface area contributed by atoms with Gasteiger partial charge in [-0.15, -0.1) is 0 Å². The number of rotatable bonds is 2. The van der Waals surface area contributed by atoms with Gasteiger partial charge < -0.3 is 0 Å². The van der Waals surface area contributed by atoms with Gasteiger partial charge in [-0.1, -0.05) is 48.0 Å². The van der Waals surface area contributed by atoms with Crippen LogP contribution in [0.4, 0.5) is 0 Å². The molecule has 3 nitrogen and oxygen atoms in total. The molecule has 0 unspecified atom stereocenters. The molecule has 0 saturated heterocycles. The van der Waals surface area contributed by atoms with Gasteiger partial charge in [-0.3, -0.25) is 9.36 Å². The molecule has 0 N–H and O–H groups in total. The maximum atomic E-state index is 12.2. The highest BCUT2D eigenvalue weighted by atomic mass is 35.5. The molecule has 3 aromatic rings. The fourth-order valence-corrected chi connectivity index (χ4v) is 2.25. The molecule has 0 aliphatic rings. The van der Waals surface area contributed by atoms with Gasteiger partial charge in [0.15, 0.2) is 0 Å². The second-order valence-corrected chi connectivity index (χ2v) is 4.72. The Kier molecular flexibility index (Phi) is 3.35. The molecule has 1 aromatic heterocycles. The smallest absolute Gasteiger partial charge is 0.258 e. The molecule has 0 amide bonds. The van der Waals surface area contributed by atoms with E-state index in [4.69, 9.17) is 11.6 Å². The first-order valence-electron chi connectivity index (χ1n) is 6.15. The summed E-state index contributed by atoms with van der Waals surface area (Å²) in [6.45, 7) is 0. The van der Waals surface area contributed by atoms with E-state index in [1.54, 1.807) is 16.7 Å². The van der Waals surface area contributed by atoms with Crippen molar-refractivity contribution in [2.45, 2.75) is 0 Å². The molecule has 0 radical (unpaired) electrons. The maximum Gasteiger partial charge on any atom is 0.258 e. The lowest BCUT2D eigenvalue weighted by Gasteiger charge is -2.11. The van der Waals surface area contributed by atoms with E-state index in [9.17, 15) is 4.79 Å². The molecule has 1 heterocycles. The molecular weight excluding hydrogens is 272 g/mol. The Labute approximate surface area is 121 Å². The van der Waals surface area contributed by atoms with Gasteiger partial charge in [-0.2, -0.15) is 0 Å². The van der Waals surface area contributed by atoms with E-state index in [2.05, 4.69) is 4.98 Å². The second-order valence-electron chi connectivity index (χ2n) is 4.29. The molecule has 0 bridgehead atoms. The summed E-state index contributed by atoms with van der Waals surface area (Å²) in [6, 6.07) is 18.2. The van der Waals surface area contributed by atoms with E-state index in [1.807, 2.05) is 42.5 Å². The summed E-state index contributed by atoms with van der Waals surface area (Å²) in [5, 5.41) is 0.581. The molecule has 0 aliphatic carbocycles. The highest BCUT2D eigenvalue weighted by Gasteiger charge is 2.09. The molecule has 3 rings (SSSR count). The number of aromatic nitrogens is 2. The topological polar surface area (TPSA) is 34.9 Å². The van der Waals surface area contributed by atoms with E-state index in [0.29, 0.717) is 16.5 Å². The normalized spacial score (nSPS) is 10.4. The minimum absolute atomic E-state index is 0.138. The van der Waals surface area contributed by atoms with Crippen molar-refractivity contribution >= 4 is 11.6 Å². The van der Waals surface area contributed by atoms with Crippen LogP contribution in [0.3, 0.4) is 0 Å². The van der Waals surface area contributed by atoms with Crippen LogP contribution in [0, 0.1) is 0 Å². The van der Waals surface area contributed by atoms with Crippen molar-refractivity contribution < 1.29 is 0 Å². The average molecular weight is 283 g/mol. The van der Waals surface area contributed by atoms with Crippen LogP contribution >= 0.6 is 11.6 Å². The maximum absolute atomic E-state index is 12.2. The van der Waals surface area contributed by atoms with Gasteiger partial charge in [0.25, 0.3) is 5.56 Å². The lowest BCUT2D eigenvalue weighted by molar-refractivity contribution is 0.949. The predicted molar refractivity (Wildman–Crippen MR) is 80.3 cm³/mol. The van der Waals surface area contributed by atoms with Gasteiger partial charge in [0, 0.05) is 22.8 Å². The van der Waals surface area contributed by atoms with Crippen molar-refractivity contribution in [3.05, 3.63) is 82.2 Å². The van der Waals surface area contributed by atoms with Crippen LogP contribution in [0.15, 0.2) is 71.7 Å². The molecule has 0 saturated carbocycles. The minimum Gasteiger partial charge on any atom is -0.269 e. The number of nitrogens with zero attached hydrogens (tertiary/aromatic N) is 2. The van der Waals surface area contributed by atoms with Crippen molar-refractivity contribution in [2.24, 2.45) is 0 Å². The Morgan fingerprint density at radius 1 is 0.950 bits per heavy atom. The van der Waals surface area contributed by atoms with Crippen LogP contribution in [0.25, 0.3) is 17.1 Å². The van der Waals surface area contributed by atoms with Crippen LogP contribution in [-0.4, -0.2) is 9.55 Å². The molecule has 0 spiro atoms. The number of hydrogen-bond acceptors (Lipinski definition) is 2. The summed E-state index contributed by atoms with van der Waals surface area (Å²) in [5.41, 5.74) is 1.45. The summed E-state index contributed by atoms with van der Waals surface area (Å²) < 4.78 is 1.56. The van der Waals surface area contributed by atoms with Gasteiger partial charge in [-0.05, 0) is 18.2 Å². The molecule has 0 aliphatic heterocycles. The summed E-state index contributed by atoms with van der Waals surface area (Å²) in [6.07, 6.45) is 1.52. The van der Waals surface area contributed by atoms with E-state index in [0.717, 1.165) is 5.56 Å². The van der Waals surface area contributed by atoms with Gasteiger partial charge in [0.05, 0.1) is 5.69 Å². The highest BCUT2D eigenvalue weighted by molar-refractivity contribution is 6.30. The Morgan fingerprint density at radius 3 is 2.50 bits per heavy atom. The van der Waals surface area contributed by atoms with E-state index in [-0.39, 0.29) is 5.56 Å².